The molecule has 6 heteroatoms. The minimum atomic E-state index is -0.0545. The average molecular weight is 469 g/mol. The van der Waals surface area contributed by atoms with E-state index in [1.165, 1.54) is 11.1 Å². The third-order valence-electron chi connectivity index (χ3n) is 5.83. The van der Waals surface area contributed by atoms with Crippen LogP contribution in [-0.4, -0.2) is 48.4 Å². The van der Waals surface area contributed by atoms with Crippen molar-refractivity contribution in [2.45, 2.75) is 26.1 Å². The third-order valence-corrected chi connectivity index (χ3v) is 6.96. The molecule has 1 aliphatic rings. The van der Waals surface area contributed by atoms with Gasteiger partial charge in [0.15, 0.2) is 0 Å². The Balaban J connectivity index is 1.35. The maximum Gasteiger partial charge on any atom is 0.227 e. The zero-order chi connectivity index (χ0) is 22.3. The molecule has 1 amide bonds. The quantitative estimate of drug-likeness (QED) is 0.446. The topological polar surface area (TPSA) is 32.8 Å². The molecule has 0 bridgehead atoms. The molecule has 4 rings (SSSR count). The molecule has 2 aromatic carbocycles. The van der Waals surface area contributed by atoms with E-state index in [0.717, 1.165) is 48.2 Å². The molecule has 32 heavy (non-hydrogen) atoms. The SMILES string of the molecule is Cc1cccc(CO[C@@H](CN2CCN(C(=O)Cc3cccs3)CC2)c2ccc(Cl)cc2)c1. The van der Waals surface area contributed by atoms with Gasteiger partial charge >= 0.3 is 0 Å². The monoisotopic (exact) mass is 468 g/mol. The predicted molar refractivity (Wildman–Crippen MR) is 131 cm³/mol. The first-order valence-electron chi connectivity index (χ1n) is 11.0. The largest absolute Gasteiger partial charge is 0.368 e. The number of halogens is 1. The Morgan fingerprint density at radius 3 is 2.53 bits per heavy atom. The molecule has 1 aromatic heterocycles. The lowest BCUT2D eigenvalue weighted by molar-refractivity contribution is -0.132. The van der Waals surface area contributed by atoms with Gasteiger partial charge in [-0.25, -0.2) is 0 Å². The van der Waals surface area contributed by atoms with Gasteiger partial charge in [0, 0.05) is 42.6 Å². The molecule has 168 valence electrons. The van der Waals surface area contributed by atoms with Crippen molar-refractivity contribution in [2.24, 2.45) is 0 Å². The molecule has 0 saturated carbocycles. The van der Waals surface area contributed by atoms with Crippen molar-refractivity contribution >= 4 is 28.8 Å². The molecular formula is C26H29ClN2O2S. The molecule has 1 aliphatic heterocycles. The first-order valence-corrected chi connectivity index (χ1v) is 12.3. The lowest BCUT2D eigenvalue weighted by Gasteiger charge is -2.36. The summed E-state index contributed by atoms with van der Waals surface area (Å²) < 4.78 is 6.39. The summed E-state index contributed by atoms with van der Waals surface area (Å²) in [5, 5.41) is 2.75. The smallest absolute Gasteiger partial charge is 0.227 e. The number of nitrogens with zero attached hydrogens (tertiary/aromatic N) is 2. The van der Waals surface area contributed by atoms with Crippen LogP contribution in [0.2, 0.25) is 5.02 Å². The van der Waals surface area contributed by atoms with Crippen LogP contribution in [0.3, 0.4) is 0 Å². The molecule has 4 nitrogen and oxygen atoms in total. The molecule has 0 spiro atoms. The number of piperazine rings is 1. The lowest BCUT2D eigenvalue weighted by atomic mass is 10.1. The zero-order valence-corrected chi connectivity index (χ0v) is 19.9. The van der Waals surface area contributed by atoms with E-state index in [1.54, 1.807) is 11.3 Å². The van der Waals surface area contributed by atoms with Crippen LogP contribution in [0.1, 0.15) is 27.7 Å². The standard InChI is InChI=1S/C26H29ClN2O2S/c1-20-4-2-5-21(16-20)19-31-25(22-7-9-23(27)10-8-22)18-28-11-13-29(14-12-28)26(30)17-24-6-3-15-32-24/h2-10,15-16,25H,11-14,17-19H2,1H3/t25-/m0/s1. The van der Waals surface area contributed by atoms with Crippen LogP contribution in [0.5, 0.6) is 0 Å². The van der Waals surface area contributed by atoms with Crippen LogP contribution in [0, 0.1) is 6.92 Å². The van der Waals surface area contributed by atoms with Gasteiger partial charge in [-0.3, -0.25) is 9.69 Å². The van der Waals surface area contributed by atoms with E-state index < -0.39 is 0 Å². The van der Waals surface area contributed by atoms with Crippen molar-refractivity contribution < 1.29 is 9.53 Å². The van der Waals surface area contributed by atoms with Crippen LogP contribution >= 0.6 is 22.9 Å². The van der Waals surface area contributed by atoms with Gasteiger partial charge in [-0.2, -0.15) is 0 Å². The number of hydrogen-bond acceptors (Lipinski definition) is 4. The summed E-state index contributed by atoms with van der Waals surface area (Å²) in [6.07, 6.45) is 0.450. The van der Waals surface area contributed by atoms with Gasteiger partial charge in [0.2, 0.25) is 5.91 Å². The molecule has 2 heterocycles. The normalized spacial score (nSPS) is 15.6. The highest BCUT2D eigenvalue weighted by molar-refractivity contribution is 7.10. The Labute approximate surface area is 199 Å². The van der Waals surface area contributed by atoms with Crippen LogP contribution in [0.4, 0.5) is 0 Å². The van der Waals surface area contributed by atoms with E-state index in [2.05, 4.69) is 36.1 Å². The molecule has 0 N–H and O–H groups in total. The Morgan fingerprint density at radius 2 is 1.84 bits per heavy atom. The van der Waals surface area contributed by atoms with Crippen molar-refractivity contribution in [1.82, 2.24) is 9.80 Å². The van der Waals surface area contributed by atoms with E-state index in [1.807, 2.05) is 46.7 Å². The predicted octanol–water partition coefficient (Wildman–Crippen LogP) is 5.35. The Kier molecular flexibility index (Phi) is 7.98. The van der Waals surface area contributed by atoms with E-state index in [-0.39, 0.29) is 12.0 Å². The summed E-state index contributed by atoms with van der Waals surface area (Å²) >= 11 is 7.75. The van der Waals surface area contributed by atoms with Crippen molar-refractivity contribution in [3.63, 3.8) is 0 Å². The second-order valence-electron chi connectivity index (χ2n) is 8.28. The number of benzene rings is 2. The summed E-state index contributed by atoms with van der Waals surface area (Å²) in [6, 6.07) is 20.4. The summed E-state index contributed by atoms with van der Waals surface area (Å²) in [7, 11) is 0. The minimum absolute atomic E-state index is 0.0545. The fraction of sp³-hybridized carbons (Fsp3) is 0.346. The maximum absolute atomic E-state index is 12.6. The second kappa shape index (κ2) is 11.1. The molecule has 1 fully saturated rings. The van der Waals surface area contributed by atoms with Crippen LogP contribution < -0.4 is 0 Å². The fourth-order valence-corrected chi connectivity index (χ4v) is 4.84. The summed E-state index contributed by atoms with van der Waals surface area (Å²) in [5.74, 6) is 0.219. The minimum Gasteiger partial charge on any atom is -0.368 e. The molecule has 0 unspecified atom stereocenters. The van der Waals surface area contributed by atoms with Crippen molar-refractivity contribution in [2.75, 3.05) is 32.7 Å². The van der Waals surface area contributed by atoms with Crippen LogP contribution in [-0.2, 0) is 22.6 Å². The zero-order valence-electron chi connectivity index (χ0n) is 18.4. The highest BCUT2D eigenvalue weighted by atomic mass is 35.5. The molecule has 0 aliphatic carbocycles. The highest BCUT2D eigenvalue weighted by Crippen LogP contribution is 2.24. The van der Waals surface area contributed by atoms with E-state index >= 15 is 0 Å². The number of hydrogen-bond donors (Lipinski definition) is 0. The number of carbonyl (C=O) groups excluding carboxylic acids is 1. The number of aryl methyl sites for hydroxylation is 1. The van der Waals surface area contributed by atoms with Gasteiger partial charge in [0.05, 0.1) is 19.1 Å². The van der Waals surface area contributed by atoms with Gasteiger partial charge in [-0.1, -0.05) is 59.6 Å². The first kappa shape index (κ1) is 23.0. The van der Waals surface area contributed by atoms with Crippen molar-refractivity contribution in [3.8, 4) is 0 Å². The molecular weight excluding hydrogens is 440 g/mol. The van der Waals surface area contributed by atoms with Gasteiger partial charge in [-0.05, 0) is 41.6 Å². The third kappa shape index (κ3) is 6.42. The average Bonchev–Trinajstić information content (AvgIpc) is 3.31. The lowest BCUT2D eigenvalue weighted by Crippen LogP contribution is -2.50. The van der Waals surface area contributed by atoms with Crippen LogP contribution in [0.25, 0.3) is 0 Å². The Morgan fingerprint density at radius 1 is 1.06 bits per heavy atom. The Bertz CT molecular complexity index is 999. The van der Waals surface area contributed by atoms with Crippen molar-refractivity contribution in [1.29, 1.82) is 0 Å². The van der Waals surface area contributed by atoms with E-state index in [9.17, 15) is 4.79 Å². The Hall–Kier alpha value is -2.18. The summed E-state index contributed by atoms with van der Waals surface area (Å²) in [6.45, 7) is 6.68. The van der Waals surface area contributed by atoms with Gasteiger partial charge in [0.25, 0.3) is 0 Å². The number of ether oxygens (including phenoxy) is 1. The van der Waals surface area contributed by atoms with Gasteiger partial charge < -0.3 is 9.64 Å². The number of amides is 1. The molecule has 0 radical (unpaired) electrons. The maximum atomic E-state index is 12.6. The van der Waals surface area contributed by atoms with E-state index in [0.29, 0.717) is 13.0 Å². The number of carbonyl (C=O) groups is 1. The van der Waals surface area contributed by atoms with Gasteiger partial charge in [-0.15, -0.1) is 11.3 Å². The molecule has 3 aromatic rings. The fourth-order valence-electron chi connectivity index (χ4n) is 4.02. The number of thiophene rings is 1. The summed E-state index contributed by atoms with van der Waals surface area (Å²) in [4.78, 5) is 18.1. The van der Waals surface area contributed by atoms with Gasteiger partial charge in [0.1, 0.15) is 0 Å². The molecule has 1 atom stereocenters. The first-order chi connectivity index (χ1) is 15.6. The highest BCUT2D eigenvalue weighted by Gasteiger charge is 2.24. The van der Waals surface area contributed by atoms with E-state index in [4.69, 9.17) is 16.3 Å². The summed E-state index contributed by atoms with van der Waals surface area (Å²) in [5.41, 5.74) is 3.53. The molecule has 1 saturated heterocycles. The number of rotatable bonds is 8. The van der Waals surface area contributed by atoms with Crippen LogP contribution in [0.15, 0.2) is 66.0 Å². The van der Waals surface area contributed by atoms with Crippen molar-refractivity contribution in [3.05, 3.63) is 92.6 Å². The second-order valence-corrected chi connectivity index (χ2v) is 9.75.